The molecule has 0 bridgehead atoms. The minimum Gasteiger partial charge on any atom is -0.378 e. The van der Waals surface area contributed by atoms with Crippen LogP contribution in [0.4, 0.5) is 5.82 Å². The molecule has 186 valence electrons. The maximum absolute atomic E-state index is 11.7. The van der Waals surface area contributed by atoms with Crippen LogP contribution in [0.3, 0.4) is 0 Å². The van der Waals surface area contributed by atoms with Gasteiger partial charge in [0.1, 0.15) is 5.82 Å². The van der Waals surface area contributed by atoms with Crippen LogP contribution < -0.4 is 15.7 Å². The lowest BCUT2D eigenvalue weighted by molar-refractivity contribution is -0.124. The van der Waals surface area contributed by atoms with E-state index in [1.54, 1.807) is 5.48 Å². The Balaban J connectivity index is 0.00000108. The van der Waals surface area contributed by atoms with Gasteiger partial charge in [0.2, 0.25) is 0 Å². The van der Waals surface area contributed by atoms with Crippen molar-refractivity contribution in [2.75, 3.05) is 45.3 Å². The third-order valence-corrected chi connectivity index (χ3v) is 5.00. The molecule has 13 heteroatoms. The number of H-pyrrole nitrogens is 1. The molecule has 0 radical (unpaired) electrons. The number of imidazole rings is 1. The summed E-state index contributed by atoms with van der Waals surface area (Å²) in [5.41, 5.74) is 3.77. The Bertz CT molecular complexity index is 1190. The normalized spacial score (nSPS) is 14.2. The zero-order chi connectivity index (χ0) is 25.2. The van der Waals surface area contributed by atoms with Crippen molar-refractivity contribution in [2.24, 2.45) is 17.0 Å². The Morgan fingerprint density at radius 2 is 2.06 bits per heavy atom. The van der Waals surface area contributed by atoms with Gasteiger partial charge in [-0.05, 0) is 32.9 Å². The molecule has 0 atom stereocenters. The number of aryl methyl sites for hydroxylation is 1. The van der Waals surface area contributed by atoms with Gasteiger partial charge in [-0.3, -0.25) is 20.0 Å². The fourth-order valence-electron chi connectivity index (χ4n) is 3.36. The summed E-state index contributed by atoms with van der Waals surface area (Å²) in [5, 5.41) is 11.6. The molecule has 1 aliphatic heterocycles. The molecular weight excluding hydrogens is 452 g/mol. The van der Waals surface area contributed by atoms with E-state index in [2.05, 4.69) is 31.9 Å². The SMILES string of the molecule is C=N/C=C(\C=NCc1nc2c(N3CCOCC3)nc(-c3ccc[nH]3)nc2n1C)C(=O)NO.CNC. The molecule has 1 amide bonds. The largest absolute Gasteiger partial charge is 0.378 e. The number of nitrogens with zero attached hydrogens (tertiary/aromatic N) is 7. The highest BCUT2D eigenvalue weighted by atomic mass is 16.5. The van der Waals surface area contributed by atoms with Crippen LogP contribution in [0.2, 0.25) is 0 Å². The number of ether oxygens (including phenoxy) is 1. The second-order valence-corrected chi connectivity index (χ2v) is 7.49. The number of aromatic amines is 1. The minimum atomic E-state index is -0.734. The van der Waals surface area contributed by atoms with Crippen LogP contribution in [0.1, 0.15) is 5.82 Å². The lowest BCUT2D eigenvalue weighted by Gasteiger charge is -2.28. The van der Waals surface area contributed by atoms with Crippen molar-refractivity contribution in [1.82, 2.24) is 35.3 Å². The topological polar surface area (TPSA) is 158 Å². The van der Waals surface area contributed by atoms with Gasteiger partial charge in [-0.2, -0.15) is 0 Å². The summed E-state index contributed by atoms with van der Waals surface area (Å²) in [6.45, 7) is 6.14. The second-order valence-electron chi connectivity index (χ2n) is 7.49. The van der Waals surface area contributed by atoms with Gasteiger partial charge in [-0.1, -0.05) is 0 Å². The van der Waals surface area contributed by atoms with Gasteiger partial charge in [-0.25, -0.2) is 20.4 Å². The smallest absolute Gasteiger partial charge is 0.277 e. The third kappa shape index (κ3) is 6.15. The summed E-state index contributed by atoms with van der Waals surface area (Å²) < 4.78 is 7.34. The average molecular weight is 483 g/mol. The zero-order valence-electron chi connectivity index (χ0n) is 20.0. The van der Waals surface area contributed by atoms with Crippen molar-refractivity contribution in [3.63, 3.8) is 0 Å². The number of rotatable bonds is 7. The number of amides is 1. The summed E-state index contributed by atoms with van der Waals surface area (Å²) in [5.74, 6) is 1.22. The fourth-order valence-corrected chi connectivity index (χ4v) is 3.36. The molecule has 4 heterocycles. The number of anilines is 1. The van der Waals surface area contributed by atoms with Crippen molar-refractivity contribution in [1.29, 1.82) is 0 Å². The molecule has 13 nitrogen and oxygen atoms in total. The van der Waals surface area contributed by atoms with E-state index in [9.17, 15) is 4.79 Å². The van der Waals surface area contributed by atoms with Gasteiger partial charge in [0.15, 0.2) is 22.8 Å². The monoisotopic (exact) mass is 482 g/mol. The Labute approximate surface area is 202 Å². The number of fused-ring (bicyclic) bond motifs is 1. The molecule has 35 heavy (non-hydrogen) atoms. The molecule has 0 aliphatic carbocycles. The molecule has 0 unspecified atom stereocenters. The van der Waals surface area contributed by atoms with Gasteiger partial charge >= 0.3 is 0 Å². The number of aliphatic imine (C=N–C) groups is 2. The molecule has 0 spiro atoms. The van der Waals surface area contributed by atoms with E-state index in [-0.39, 0.29) is 12.1 Å². The second kappa shape index (κ2) is 12.5. The van der Waals surface area contributed by atoms with Crippen molar-refractivity contribution in [3.8, 4) is 11.5 Å². The zero-order valence-corrected chi connectivity index (χ0v) is 20.0. The van der Waals surface area contributed by atoms with Crippen LogP contribution in [-0.4, -0.2) is 88.9 Å². The van der Waals surface area contributed by atoms with Crippen molar-refractivity contribution < 1.29 is 14.7 Å². The fraction of sp³-hybridized carbons (Fsp3) is 0.364. The predicted molar refractivity (Wildman–Crippen MR) is 134 cm³/mol. The summed E-state index contributed by atoms with van der Waals surface area (Å²) in [6.07, 6.45) is 4.33. The number of hydrogen-bond acceptors (Lipinski definition) is 10. The third-order valence-electron chi connectivity index (χ3n) is 5.00. The Morgan fingerprint density at radius 3 is 2.69 bits per heavy atom. The van der Waals surface area contributed by atoms with Gasteiger partial charge in [0.05, 0.1) is 31.0 Å². The van der Waals surface area contributed by atoms with Crippen molar-refractivity contribution in [2.45, 2.75) is 6.54 Å². The molecule has 0 aromatic carbocycles. The lowest BCUT2D eigenvalue weighted by Crippen LogP contribution is -2.37. The Kier molecular flexibility index (Phi) is 9.17. The van der Waals surface area contributed by atoms with Crippen LogP contribution in [0.25, 0.3) is 22.7 Å². The van der Waals surface area contributed by atoms with Gasteiger partial charge in [0.25, 0.3) is 5.91 Å². The van der Waals surface area contributed by atoms with Crippen LogP contribution >= 0.6 is 0 Å². The van der Waals surface area contributed by atoms with Gasteiger partial charge < -0.3 is 24.5 Å². The highest BCUT2D eigenvalue weighted by Gasteiger charge is 2.22. The first-order valence-corrected chi connectivity index (χ1v) is 10.9. The van der Waals surface area contributed by atoms with E-state index < -0.39 is 5.91 Å². The quantitative estimate of drug-likeness (QED) is 0.166. The Hall–Kier alpha value is -3.94. The number of hydrogen-bond donors (Lipinski definition) is 4. The summed E-state index contributed by atoms with van der Waals surface area (Å²) in [7, 11) is 5.61. The highest BCUT2D eigenvalue weighted by molar-refractivity contribution is 6.11. The Morgan fingerprint density at radius 1 is 1.31 bits per heavy atom. The van der Waals surface area contributed by atoms with E-state index in [1.165, 1.54) is 12.4 Å². The van der Waals surface area contributed by atoms with E-state index in [1.807, 2.05) is 44.0 Å². The number of carbonyl (C=O) groups excluding carboxylic acids is 1. The first-order chi connectivity index (χ1) is 17.0. The van der Waals surface area contributed by atoms with Gasteiger partial charge in [0, 0.05) is 38.7 Å². The van der Waals surface area contributed by atoms with E-state index in [4.69, 9.17) is 24.9 Å². The van der Waals surface area contributed by atoms with Crippen LogP contribution in [-0.2, 0) is 23.1 Å². The molecule has 3 aromatic heterocycles. The molecule has 3 aromatic rings. The number of nitrogens with one attached hydrogen (secondary N) is 3. The predicted octanol–water partition coefficient (Wildman–Crippen LogP) is 0.691. The molecule has 1 fully saturated rings. The standard InChI is InChI=1S/C20H23N9O3.C2H7N/c1-21-10-13(20(30)27-31)11-22-12-15-24-16-18(28(15)2)25-17(14-4-3-5-23-14)26-19(16)29-6-8-32-9-7-29;1-3-2/h3-5,10-11,23,31H,1,6-9,12H2,2H3,(H,27,30);3H,1-2H3/b13-10+,22-11?;. The van der Waals surface area contributed by atoms with Crippen LogP contribution in [0, 0.1) is 0 Å². The number of aromatic nitrogens is 5. The molecule has 1 saturated heterocycles. The van der Waals surface area contributed by atoms with Gasteiger partial charge in [-0.15, -0.1) is 0 Å². The number of morpholine rings is 1. The summed E-state index contributed by atoms with van der Waals surface area (Å²) in [4.78, 5) is 39.0. The number of hydroxylamine groups is 1. The average Bonchev–Trinajstić information content (AvgIpc) is 3.52. The van der Waals surface area contributed by atoms with E-state index in [0.29, 0.717) is 49.1 Å². The first-order valence-electron chi connectivity index (χ1n) is 10.9. The molecule has 4 rings (SSSR count). The molecule has 1 aliphatic rings. The maximum Gasteiger partial charge on any atom is 0.277 e. The minimum absolute atomic E-state index is 0.0593. The van der Waals surface area contributed by atoms with Crippen molar-refractivity contribution >= 4 is 35.8 Å². The molecule has 0 saturated carbocycles. The summed E-state index contributed by atoms with van der Waals surface area (Å²) in [6, 6.07) is 3.81. The number of carbonyl (C=O) groups is 1. The van der Waals surface area contributed by atoms with Crippen LogP contribution in [0.15, 0.2) is 40.1 Å². The molecular formula is C22H30N10O3. The van der Waals surface area contributed by atoms with Crippen LogP contribution in [0.5, 0.6) is 0 Å². The maximum atomic E-state index is 11.7. The van der Waals surface area contributed by atoms with E-state index in [0.717, 1.165) is 11.5 Å². The molecule has 4 N–H and O–H groups in total. The van der Waals surface area contributed by atoms with E-state index >= 15 is 0 Å². The van der Waals surface area contributed by atoms with Crippen molar-refractivity contribution in [3.05, 3.63) is 35.9 Å². The lowest BCUT2D eigenvalue weighted by atomic mass is 10.3. The summed E-state index contributed by atoms with van der Waals surface area (Å²) >= 11 is 0. The first kappa shape index (κ1) is 25.7. The highest BCUT2D eigenvalue weighted by Crippen LogP contribution is 2.28.